The van der Waals surface area contributed by atoms with E-state index < -0.39 is 11.7 Å². The van der Waals surface area contributed by atoms with Gasteiger partial charge in [-0.3, -0.25) is 4.79 Å². The second-order valence-corrected chi connectivity index (χ2v) is 5.22. The molecule has 2 rings (SSSR count). The normalized spacial score (nSPS) is 10.5. The van der Waals surface area contributed by atoms with Crippen molar-refractivity contribution in [2.45, 2.75) is 0 Å². The molecular formula is C19H12ClFN2O2. The lowest BCUT2D eigenvalue weighted by atomic mass is 10.1. The molecule has 0 aromatic heterocycles. The lowest BCUT2D eigenvalue weighted by Crippen LogP contribution is -2.13. The molecule has 0 bridgehead atoms. The fraction of sp³-hybridized carbons (Fsp3) is 0.0526. The van der Waals surface area contributed by atoms with Crippen LogP contribution in [0.2, 0.25) is 5.02 Å². The summed E-state index contributed by atoms with van der Waals surface area (Å²) >= 11 is 5.66. The highest BCUT2D eigenvalue weighted by Gasteiger charge is 2.11. The molecule has 0 radical (unpaired) electrons. The molecule has 0 saturated heterocycles. The Kier molecular flexibility index (Phi) is 6.17. The van der Waals surface area contributed by atoms with Gasteiger partial charge in [-0.1, -0.05) is 29.7 Å². The van der Waals surface area contributed by atoms with E-state index in [-0.39, 0.29) is 22.9 Å². The second kappa shape index (κ2) is 8.54. The highest BCUT2D eigenvalue weighted by Crippen LogP contribution is 2.20. The van der Waals surface area contributed by atoms with Crippen molar-refractivity contribution < 1.29 is 13.9 Å². The average Bonchev–Trinajstić information content (AvgIpc) is 2.62. The van der Waals surface area contributed by atoms with Crippen LogP contribution in [0.3, 0.4) is 0 Å². The number of halogens is 2. The van der Waals surface area contributed by atoms with Gasteiger partial charge < -0.3 is 10.1 Å². The number of carbonyl (C=O) groups excluding carboxylic acids is 1. The van der Waals surface area contributed by atoms with Crippen molar-refractivity contribution in [3.63, 3.8) is 0 Å². The summed E-state index contributed by atoms with van der Waals surface area (Å²) in [6, 6.07) is 12.3. The van der Waals surface area contributed by atoms with E-state index in [4.69, 9.17) is 22.8 Å². The summed E-state index contributed by atoms with van der Waals surface area (Å²) < 4.78 is 18.4. The van der Waals surface area contributed by atoms with Gasteiger partial charge in [-0.25, -0.2) is 4.39 Å². The topological polar surface area (TPSA) is 62.1 Å². The van der Waals surface area contributed by atoms with Gasteiger partial charge in [0.25, 0.3) is 5.91 Å². The number of benzene rings is 2. The molecule has 0 fully saturated rings. The maximum atomic E-state index is 13.1. The molecule has 0 spiro atoms. The molecule has 2 aromatic carbocycles. The van der Waals surface area contributed by atoms with Crippen molar-refractivity contribution in [3.05, 3.63) is 64.4 Å². The van der Waals surface area contributed by atoms with Gasteiger partial charge in [0.2, 0.25) is 0 Å². The van der Waals surface area contributed by atoms with Crippen molar-refractivity contribution in [1.82, 2.24) is 0 Å². The fourth-order valence-corrected chi connectivity index (χ4v) is 2.05. The number of nitrogens with one attached hydrogen (secondary N) is 1. The summed E-state index contributed by atoms with van der Waals surface area (Å²) in [6.45, 7) is 0.154. The van der Waals surface area contributed by atoms with Crippen LogP contribution in [-0.2, 0) is 4.79 Å². The number of ether oxygens (including phenoxy) is 1. The third-order valence-electron chi connectivity index (χ3n) is 3.06. The largest absolute Gasteiger partial charge is 0.481 e. The van der Waals surface area contributed by atoms with E-state index in [1.807, 2.05) is 6.07 Å². The summed E-state index contributed by atoms with van der Waals surface area (Å²) in [5.41, 5.74) is 0.810. The first kappa shape index (κ1) is 18.1. The zero-order valence-corrected chi connectivity index (χ0v) is 13.7. The zero-order valence-electron chi connectivity index (χ0n) is 12.9. The molecule has 0 aliphatic rings. The highest BCUT2D eigenvalue weighted by atomic mass is 35.5. The Labute approximate surface area is 149 Å². The maximum Gasteiger partial charge on any atom is 0.266 e. The Morgan fingerprint density at radius 3 is 2.64 bits per heavy atom. The Morgan fingerprint density at radius 1 is 1.32 bits per heavy atom. The Hall–Kier alpha value is -3.28. The minimum atomic E-state index is -0.627. The molecule has 2 aromatic rings. The van der Waals surface area contributed by atoms with Crippen molar-refractivity contribution in [2.24, 2.45) is 0 Å². The maximum absolute atomic E-state index is 13.1. The summed E-state index contributed by atoms with van der Waals surface area (Å²) in [5, 5.41) is 11.6. The first-order valence-corrected chi connectivity index (χ1v) is 7.46. The van der Waals surface area contributed by atoms with E-state index in [0.717, 1.165) is 6.07 Å². The highest BCUT2D eigenvalue weighted by molar-refractivity contribution is 6.31. The predicted molar refractivity (Wildman–Crippen MR) is 94.4 cm³/mol. The number of hydrogen-bond donors (Lipinski definition) is 1. The van der Waals surface area contributed by atoms with Crippen LogP contribution in [0.25, 0.3) is 6.08 Å². The number of rotatable bonds is 5. The summed E-state index contributed by atoms with van der Waals surface area (Å²) in [6.07, 6.45) is 6.53. The molecule has 0 saturated carbocycles. The Balaban J connectivity index is 2.13. The fourth-order valence-electron chi connectivity index (χ4n) is 1.87. The van der Waals surface area contributed by atoms with Crippen LogP contribution >= 0.6 is 11.6 Å². The van der Waals surface area contributed by atoms with E-state index in [1.54, 1.807) is 24.3 Å². The third kappa shape index (κ3) is 5.10. The Bertz CT molecular complexity index is 893. The lowest BCUT2D eigenvalue weighted by molar-refractivity contribution is -0.112. The van der Waals surface area contributed by atoms with Gasteiger partial charge in [0.05, 0.1) is 5.02 Å². The van der Waals surface area contributed by atoms with Crippen LogP contribution in [0.5, 0.6) is 5.75 Å². The molecule has 0 aliphatic carbocycles. The minimum absolute atomic E-state index is 0.113. The molecule has 0 aliphatic heterocycles. The summed E-state index contributed by atoms with van der Waals surface area (Å²) in [7, 11) is 0. The van der Waals surface area contributed by atoms with Gasteiger partial charge in [-0.2, -0.15) is 5.26 Å². The van der Waals surface area contributed by atoms with Crippen molar-refractivity contribution >= 4 is 29.3 Å². The predicted octanol–water partition coefficient (Wildman–Crippen LogP) is 4.04. The number of terminal acetylenes is 1. The molecule has 0 unspecified atom stereocenters. The minimum Gasteiger partial charge on any atom is -0.481 e. The summed E-state index contributed by atoms with van der Waals surface area (Å²) in [5.74, 6) is 1.72. The zero-order chi connectivity index (χ0) is 18.2. The molecule has 0 heterocycles. The van der Waals surface area contributed by atoms with E-state index in [0.29, 0.717) is 11.3 Å². The van der Waals surface area contributed by atoms with Crippen molar-refractivity contribution in [2.75, 3.05) is 11.9 Å². The Morgan fingerprint density at radius 2 is 2.04 bits per heavy atom. The van der Waals surface area contributed by atoms with E-state index >= 15 is 0 Å². The molecule has 25 heavy (non-hydrogen) atoms. The lowest BCUT2D eigenvalue weighted by Gasteiger charge is -2.06. The number of nitriles is 1. The monoisotopic (exact) mass is 354 g/mol. The van der Waals surface area contributed by atoms with Crippen molar-refractivity contribution in [3.8, 4) is 24.2 Å². The van der Waals surface area contributed by atoms with E-state index in [2.05, 4.69) is 11.2 Å². The number of carbonyl (C=O) groups is 1. The first-order chi connectivity index (χ1) is 12.0. The molecule has 124 valence electrons. The number of hydrogen-bond acceptors (Lipinski definition) is 3. The van der Waals surface area contributed by atoms with Crippen molar-refractivity contribution in [1.29, 1.82) is 5.26 Å². The number of nitrogens with zero attached hydrogens (tertiary/aromatic N) is 1. The average molecular weight is 355 g/mol. The van der Waals surface area contributed by atoms with Crippen LogP contribution in [-0.4, -0.2) is 12.5 Å². The van der Waals surface area contributed by atoms with Crippen LogP contribution < -0.4 is 10.1 Å². The van der Waals surface area contributed by atoms with E-state index in [1.165, 1.54) is 18.2 Å². The van der Waals surface area contributed by atoms with Gasteiger partial charge >= 0.3 is 0 Å². The van der Waals surface area contributed by atoms with Crippen LogP contribution in [0.15, 0.2) is 48.0 Å². The van der Waals surface area contributed by atoms with Crippen LogP contribution in [0, 0.1) is 29.5 Å². The van der Waals surface area contributed by atoms with E-state index in [9.17, 15) is 14.4 Å². The van der Waals surface area contributed by atoms with Gasteiger partial charge in [-0.15, -0.1) is 6.42 Å². The van der Waals surface area contributed by atoms with Gasteiger partial charge in [-0.05, 0) is 42.0 Å². The molecule has 1 N–H and O–H groups in total. The third-order valence-corrected chi connectivity index (χ3v) is 3.35. The quantitative estimate of drug-likeness (QED) is 0.501. The standard InChI is InChI=1S/C19H12ClFN2O2/c1-2-9-25-16-6-3-13(4-7-16)10-14(12-22)19(24)23-15-5-8-18(21)17(20)11-15/h1,3-8,10-11H,9H2,(H,23,24). The second-order valence-electron chi connectivity index (χ2n) is 4.81. The van der Waals surface area contributed by atoms with Crippen LogP contribution in [0.1, 0.15) is 5.56 Å². The number of anilines is 1. The van der Waals surface area contributed by atoms with Gasteiger partial charge in [0.15, 0.2) is 0 Å². The molecule has 4 nitrogen and oxygen atoms in total. The first-order valence-electron chi connectivity index (χ1n) is 7.08. The van der Waals surface area contributed by atoms with Crippen LogP contribution in [0.4, 0.5) is 10.1 Å². The van der Waals surface area contributed by atoms with Gasteiger partial charge in [0.1, 0.15) is 29.8 Å². The number of amides is 1. The smallest absolute Gasteiger partial charge is 0.266 e. The molecule has 6 heteroatoms. The van der Waals surface area contributed by atoms with Gasteiger partial charge in [0, 0.05) is 5.69 Å². The SMILES string of the molecule is C#CCOc1ccc(C=C(C#N)C(=O)Nc2ccc(F)c(Cl)c2)cc1. The molecule has 0 atom stereocenters. The summed E-state index contributed by atoms with van der Waals surface area (Å²) in [4.78, 5) is 12.2. The molecule has 1 amide bonds. The molecular weight excluding hydrogens is 343 g/mol.